The molecule has 60 heavy (non-hydrogen) atoms. The third kappa shape index (κ3) is 10.1. The van der Waals surface area contributed by atoms with Crippen molar-refractivity contribution in [3.8, 4) is 34.0 Å². The number of fused-ring (bicyclic) bond motifs is 5. The molecule has 1 unspecified atom stereocenters. The molecule has 0 radical (unpaired) electrons. The Morgan fingerprint density at radius 3 is 2.20 bits per heavy atom. The number of aliphatic carboxylic acids is 1. The van der Waals surface area contributed by atoms with Crippen LogP contribution in [0.2, 0.25) is 0 Å². The molecule has 4 aromatic rings. The Bertz CT molecular complexity index is 2250. The Labute approximate surface area is 349 Å². The summed E-state index contributed by atoms with van der Waals surface area (Å²) in [6.07, 6.45) is -0.143. The maximum Gasteiger partial charge on any atom is 0.326 e. The van der Waals surface area contributed by atoms with Crippen LogP contribution < -0.4 is 32.2 Å². The molecule has 9 N–H and O–H groups in total. The average Bonchev–Trinajstić information content (AvgIpc) is 3.19. The summed E-state index contributed by atoms with van der Waals surface area (Å²) in [5.74, 6) is -3.62. The van der Waals surface area contributed by atoms with Crippen molar-refractivity contribution in [1.29, 1.82) is 0 Å². The Morgan fingerprint density at radius 1 is 0.933 bits per heavy atom. The third-order valence-corrected chi connectivity index (χ3v) is 10.4. The molecule has 1 aliphatic rings. The summed E-state index contributed by atoms with van der Waals surface area (Å²) >= 11 is 0. The van der Waals surface area contributed by atoms with Crippen LogP contribution in [0, 0.1) is 13.8 Å². The van der Waals surface area contributed by atoms with Crippen molar-refractivity contribution < 1.29 is 38.9 Å². The Balaban J connectivity index is 1.53. The Hall–Kier alpha value is -6.39. The van der Waals surface area contributed by atoms with Crippen LogP contribution >= 0.6 is 0 Å². The van der Waals surface area contributed by atoms with Gasteiger partial charge in [0.1, 0.15) is 42.3 Å². The van der Waals surface area contributed by atoms with E-state index in [1.165, 1.54) is 20.0 Å². The molecule has 2 heterocycles. The van der Waals surface area contributed by atoms with Crippen LogP contribution in [0.5, 0.6) is 11.5 Å². The molecule has 0 spiro atoms. The Morgan fingerprint density at radius 2 is 1.60 bits per heavy atom. The topological polar surface area (TPSA) is 252 Å². The number of benzene rings is 3. The number of ether oxygens (including phenoxy) is 1. The van der Waals surface area contributed by atoms with Gasteiger partial charge in [-0.05, 0) is 80.1 Å². The molecule has 4 amide bonds. The van der Waals surface area contributed by atoms with Gasteiger partial charge in [0.15, 0.2) is 5.82 Å². The lowest BCUT2D eigenvalue weighted by molar-refractivity contribution is -0.143. The number of aromatic hydroxyl groups is 1. The summed E-state index contributed by atoms with van der Waals surface area (Å²) in [5, 5.41) is 29.0. The highest BCUT2D eigenvalue weighted by Crippen LogP contribution is 2.39. The predicted molar refractivity (Wildman–Crippen MR) is 225 cm³/mol. The van der Waals surface area contributed by atoms with Crippen molar-refractivity contribution in [3.05, 3.63) is 94.3 Å². The molecule has 4 bridgehead atoms. The first-order valence-electron chi connectivity index (χ1n) is 19.7. The quantitative estimate of drug-likeness (QED) is 0.115. The van der Waals surface area contributed by atoms with Crippen LogP contribution in [-0.4, -0.2) is 99.5 Å². The van der Waals surface area contributed by atoms with Crippen LogP contribution in [0.25, 0.3) is 22.5 Å². The zero-order chi connectivity index (χ0) is 44.1. The number of nitrogens with one attached hydrogen (secondary N) is 3. The molecule has 5 rings (SSSR count). The van der Waals surface area contributed by atoms with Crippen LogP contribution in [-0.2, 0) is 31.0 Å². The molecule has 1 aromatic heterocycles. The second-order valence-electron chi connectivity index (χ2n) is 16.0. The van der Waals surface area contributed by atoms with Crippen LogP contribution in [0.3, 0.4) is 0 Å². The van der Waals surface area contributed by atoms with E-state index in [2.05, 4.69) is 46.7 Å². The van der Waals surface area contributed by atoms with Gasteiger partial charge in [-0.15, -0.1) is 0 Å². The van der Waals surface area contributed by atoms with E-state index in [-0.39, 0.29) is 60.4 Å². The van der Waals surface area contributed by atoms with E-state index in [1.54, 1.807) is 44.2 Å². The smallest absolute Gasteiger partial charge is 0.326 e. The van der Waals surface area contributed by atoms with Gasteiger partial charge in [-0.3, -0.25) is 19.2 Å². The monoisotopic (exact) mass is 822 g/mol. The minimum Gasteiger partial charge on any atom is -0.507 e. The number of hydrogen-bond donors (Lipinski definition) is 7. The van der Waals surface area contributed by atoms with Crippen LogP contribution in [0.15, 0.2) is 60.7 Å². The summed E-state index contributed by atoms with van der Waals surface area (Å²) in [5.41, 5.74) is 15.9. The number of phenolic OH excluding ortho intramolecular Hbond substituents is 1. The molecule has 0 aliphatic carbocycles. The maximum absolute atomic E-state index is 14.5. The lowest BCUT2D eigenvalue weighted by Gasteiger charge is -2.32. The number of carbonyl (C=O) groups excluding carboxylic acids is 4. The number of carbonyl (C=O) groups is 5. The number of amides is 4. The molecular weight excluding hydrogens is 769 g/mol. The van der Waals surface area contributed by atoms with Crippen molar-refractivity contribution >= 4 is 29.6 Å². The van der Waals surface area contributed by atoms with E-state index >= 15 is 0 Å². The minimum absolute atomic E-state index is 0.00571. The van der Waals surface area contributed by atoms with Crippen molar-refractivity contribution in [3.63, 3.8) is 0 Å². The molecule has 0 saturated heterocycles. The number of phenols is 1. The standard InChI is InChI=1S/C44H54N8O8/c1-23-36(24(2)48-38(47-23)27-9-12-29(13-10-27)44(4,5)6)40(55)50-32(16-17-45)42(57)52(7)37-28-11-15-35(60-19-18-46)31(22-28)30-20-26(8-14-34(30)53)21-33(43(58)59)51-39(54)25(3)49-41(37)56/h8-15,20,22,25,32-33,37,53H,16-19,21,45-46H2,1-7H3,(H,49,56)(H,50,55)(H,51,54)(H,58,59)/t25-,32?,33-,37-/m0/s1. The van der Waals surface area contributed by atoms with Gasteiger partial charge in [-0.25, -0.2) is 14.8 Å². The fraction of sp³-hybridized carbons (Fsp3) is 0.386. The maximum atomic E-state index is 14.5. The number of rotatable bonds is 11. The summed E-state index contributed by atoms with van der Waals surface area (Å²) in [7, 11) is 1.38. The lowest BCUT2D eigenvalue weighted by Crippen LogP contribution is -2.55. The molecule has 0 saturated carbocycles. The van der Waals surface area contributed by atoms with Crippen molar-refractivity contribution in [2.24, 2.45) is 11.5 Å². The number of aromatic nitrogens is 2. The summed E-state index contributed by atoms with van der Waals surface area (Å²) < 4.78 is 5.93. The molecule has 3 aromatic carbocycles. The number of carboxylic acids is 1. The SMILES string of the molecule is Cc1nc(-c2ccc(C(C)(C)C)cc2)nc(C)c1C(=O)NC(CCN)C(=O)N(C)[C@@H]1C(=O)N[C@@H](C)C(=O)N[C@H](C(=O)O)Cc2ccc(O)c(c2)-c2cc1ccc2OCCN. The highest BCUT2D eigenvalue weighted by Gasteiger charge is 2.36. The van der Waals surface area contributed by atoms with Gasteiger partial charge in [0.25, 0.3) is 5.91 Å². The molecule has 0 fully saturated rings. The van der Waals surface area contributed by atoms with Crippen molar-refractivity contribution in [2.45, 2.75) is 84.0 Å². The zero-order valence-corrected chi connectivity index (χ0v) is 35.0. The van der Waals surface area contributed by atoms with Gasteiger partial charge in [-0.1, -0.05) is 57.2 Å². The lowest BCUT2D eigenvalue weighted by atomic mass is 9.86. The van der Waals surface area contributed by atoms with Crippen LogP contribution in [0.1, 0.15) is 78.6 Å². The third-order valence-electron chi connectivity index (χ3n) is 10.4. The van der Waals surface area contributed by atoms with Gasteiger partial charge in [0.2, 0.25) is 17.7 Å². The first kappa shape index (κ1) is 44.7. The van der Waals surface area contributed by atoms with Gasteiger partial charge < -0.3 is 47.3 Å². The van der Waals surface area contributed by atoms with Gasteiger partial charge in [0, 0.05) is 36.7 Å². The average molecular weight is 823 g/mol. The highest BCUT2D eigenvalue weighted by atomic mass is 16.5. The number of nitrogens with zero attached hydrogens (tertiary/aromatic N) is 3. The molecule has 16 nitrogen and oxygen atoms in total. The molecule has 4 atom stereocenters. The number of carboxylic acid groups (broad SMARTS) is 1. The molecule has 1 aliphatic heterocycles. The molecular formula is C44H54N8O8. The minimum atomic E-state index is -1.42. The van der Waals surface area contributed by atoms with E-state index < -0.39 is 53.8 Å². The van der Waals surface area contributed by atoms with E-state index in [0.29, 0.717) is 34.1 Å². The fourth-order valence-corrected chi connectivity index (χ4v) is 7.11. The van der Waals surface area contributed by atoms with E-state index in [4.69, 9.17) is 16.2 Å². The second kappa shape index (κ2) is 18.7. The number of likely N-dealkylation sites (N-methyl/N-ethyl adjacent to an activating group) is 1. The largest absolute Gasteiger partial charge is 0.507 e. The summed E-state index contributed by atoms with van der Waals surface area (Å²) in [6.45, 7) is 11.4. The first-order valence-corrected chi connectivity index (χ1v) is 19.7. The fourth-order valence-electron chi connectivity index (χ4n) is 7.11. The number of aryl methyl sites for hydroxylation is 2. The second-order valence-corrected chi connectivity index (χ2v) is 16.0. The van der Waals surface area contributed by atoms with Crippen molar-refractivity contribution in [2.75, 3.05) is 26.7 Å². The van der Waals surface area contributed by atoms with E-state index in [9.17, 15) is 34.2 Å². The van der Waals surface area contributed by atoms with Crippen LogP contribution in [0.4, 0.5) is 0 Å². The highest BCUT2D eigenvalue weighted by molar-refractivity contribution is 6.00. The first-order chi connectivity index (χ1) is 28.3. The van der Waals surface area contributed by atoms with E-state index in [1.807, 2.05) is 24.3 Å². The zero-order valence-electron chi connectivity index (χ0n) is 35.0. The predicted octanol–water partition coefficient (Wildman–Crippen LogP) is 3.05. The molecule has 16 heteroatoms. The number of hydrogen-bond acceptors (Lipinski definition) is 11. The normalized spacial score (nSPS) is 17.4. The molecule has 318 valence electrons. The van der Waals surface area contributed by atoms with Crippen molar-refractivity contribution in [1.82, 2.24) is 30.8 Å². The Kier molecular flexibility index (Phi) is 13.9. The summed E-state index contributed by atoms with van der Waals surface area (Å²) in [4.78, 5) is 78.8. The van der Waals surface area contributed by atoms with Gasteiger partial charge >= 0.3 is 5.97 Å². The van der Waals surface area contributed by atoms with Gasteiger partial charge in [-0.2, -0.15) is 0 Å². The van der Waals surface area contributed by atoms with E-state index in [0.717, 1.165) is 16.0 Å². The number of nitrogens with two attached hydrogens (primary N) is 2. The van der Waals surface area contributed by atoms with Gasteiger partial charge in [0.05, 0.1) is 17.0 Å². The summed E-state index contributed by atoms with van der Waals surface area (Å²) in [6, 6.07) is 11.9.